The number of rotatable bonds is 23. The zero-order valence-corrected chi connectivity index (χ0v) is 54.9. The number of hydrogen-bond donors (Lipinski definition) is 0. The summed E-state index contributed by atoms with van der Waals surface area (Å²) in [6, 6.07) is 33.3. The van der Waals surface area contributed by atoms with Crippen molar-refractivity contribution in [1.82, 2.24) is 0 Å². The fraction of sp³-hybridized carbons (Fsp3) is 0.587. The van der Waals surface area contributed by atoms with Gasteiger partial charge in [0.15, 0.2) is 25.0 Å². The van der Waals surface area contributed by atoms with Crippen LogP contribution in [-0.4, -0.2) is 118 Å². The monoisotopic (exact) mass is 1120 g/mol. The zero-order valence-electron chi connectivity index (χ0n) is 45.9. The molecule has 0 amide bonds. The van der Waals surface area contributed by atoms with Crippen molar-refractivity contribution in [3.05, 3.63) is 91.0 Å². The van der Waals surface area contributed by atoms with Gasteiger partial charge in [-0.2, -0.15) is 18.4 Å². The second-order valence-electron chi connectivity index (χ2n) is 20.8. The molecule has 0 aromatic heterocycles. The van der Waals surface area contributed by atoms with E-state index in [4.69, 9.17) is 48.0 Å². The van der Waals surface area contributed by atoms with Gasteiger partial charge in [0, 0.05) is 48.4 Å². The first-order chi connectivity index (χ1) is 31.4. The highest BCUT2D eigenvalue weighted by Gasteiger charge is 2.48. The number of benzene rings is 3. The molecule has 0 aliphatic rings. The molecule has 0 fully saturated rings. The largest absolute Gasteiger partial charge is 0.437 e. The molecular formula is C46H88F3NO10Si9. The summed E-state index contributed by atoms with van der Waals surface area (Å²) in [6.45, 7) is 33.3. The van der Waals surface area contributed by atoms with E-state index in [9.17, 15) is 13.2 Å². The molecule has 0 spiro atoms. The van der Waals surface area contributed by atoms with Crippen LogP contribution in [0.15, 0.2) is 91.0 Å². The molecule has 23 heteroatoms. The van der Waals surface area contributed by atoms with Gasteiger partial charge >= 0.3 is 57.5 Å². The first-order valence-electron chi connectivity index (χ1n) is 23.3. The molecule has 0 saturated carbocycles. The molecule has 0 N–H and O–H groups in total. The average Bonchev–Trinajstić information content (AvgIpc) is 3.23. The van der Waals surface area contributed by atoms with E-state index in [0.29, 0.717) is 6.42 Å². The summed E-state index contributed by atoms with van der Waals surface area (Å²) in [5, 5.41) is 12.0. The Morgan fingerprint density at radius 1 is 0.435 bits per heavy atom. The molecule has 0 aliphatic heterocycles. The molecule has 3 aromatic rings. The Hall–Kier alpha value is -1.51. The summed E-state index contributed by atoms with van der Waals surface area (Å²) in [6.07, 6.45) is -3.66. The van der Waals surface area contributed by atoms with E-state index in [-0.39, 0.29) is 6.04 Å². The Kier molecular flexibility index (Phi) is 28.8. The van der Waals surface area contributed by atoms with Crippen LogP contribution in [0.3, 0.4) is 0 Å². The molecule has 0 radical (unpaired) electrons. The second kappa shape index (κ2) is 29.4. The molecular weight excluding hydrogens is 1040 g/mol. The van der Waals surface area contributed by atoms with Crippen LogP contribution < -0.4 is 15.6 Å². The minimum atomic E-state index is -4.13. The maximum atomic E-state index is 12.1. The number of alkyl halides is 3. The third kappa shape index (κ3) is 28.5. The van der Waals surface area contributed by atoms with Crippen molar-refractivity contribution in [3.63, 3.8) is 0 Å². The standard InChI is InChI=1S/C16H22O3Si2.C14H23NO3Si2.C8H19F3O2Si2.C8H24O2Si3/c1-17-20(3,4)19-21(18-2,15-11-7-5-8-12-15)16-13-9-6-10-14-16;1-16-19(3,4)18-20(17-2,13-9-8-12-15)14-10-6-5-7-11-14;1-12-15(5,13-14(2,3)4)7-6-8(9,10)11;1-11(2,3)9-13(7,8)10-12(4,5)6/h5-14H,1-4H3;5-7,10-11H,8-9,13H2,1-4H3;6-7H2,1-5H3;1-8H3. The topological polar surface area (TPSA) is 116 Å². The predicted molar refractivity (Wildman–Crippen MR) is 299 cm³/mol. The van der Waals surface area contributed by atoms with Gasteiger partial charge in [0.25, 0.3) is 0 Å². The lowest BCUT2D eigenvalue weighted by atomic mass is 10.4. The molecule has 0 aliphatic carbocycles. The van der Waals surface area contributed by atoms with Gasteiger partial charge < -0.3 is 42.7 Å². The smallest absolute Gasteiger partial charge is 0.398 e. The third-order valence-corrected chi connectivity index (χ3v) is 38.7. The SMILES string of the molecule is CO[Si](C)(C)O[Si](CCCC#N)(OC)c1ccccc1.CO[Si](C)(C)O[Si](OC)(c1ccccc1)c1ccccc1.CO[Si](C)(CCC(F)(F)F)O[Si](C)(C)C.C[Si](C)(C)O[Si](C)(C)O[Si](C)(C)C. The van der Waals surface area contributed by atoms with Crippen LogP contribution >= 0.6 is 0 Å². The predicted octanol–water partition coefficient (Wildman–Crippen LogP) is 11.8. The Balaban J connectivity index is 0.000000911. The maximum Gasteiger partial charge on any atom is 0.398 e. The van der Waals surface area contributed by atoms with Crippen LogP contribution in [0.4, 0.5) is 13.2 Å². The van der Waals surface area contributed by atoms with E-state index < -0.39 is 88.9 Å². The van der Waals surface area contributed by atoms with Crippen LogP contribution in [0.2, 0.25) is 117 Å². The van der Waals surface area contributed by atoms with Crippen LogP contribution in [-0.2, 0) is 42.7 Å². The summed E-state index contributed by atoms with van der Waals surface area (Å²) in [5.74, 6) is 0. The Morgan fingerprint density at radius 3 is 1.12 bits per heavy atom. The van der Waals surface area contributed by atoms with Gasteiger partial charge in [0.05, 0.1) is 6.07 Å². The van der Waals surface area contributed by atoms with Crippen molar-refractivity contribution in [2.75, 3.05) is 35.5 Å². The van der Waals surface area contributed by atoms with Crippen molar-refractivity contribution in [2.45, 2.75) is 142 Å². The van der Waals surface area contributed by atoms with E-state index >= 15 is 0 Å². The molecule has 69 heavy (non-hydrogen) atoms. The lowest BCUT2D eigenvalue weighted by Gasteiger charge is -2.36. The Morgan fingerprint density at radius 2 is 0.812 bits per heavy atom. The summed E-state index contributed by atoms with van der Waals surface area (Å²) < 4.78 is 95.2. The van der Waals surface area contributed by atoms with Crippen molar-refractivity contribution in [1.29, 1.82) is 5.26 Å². The number of halogens is 3. The molecule has 11 nitrogen and oxygen atoms in total. The normalized spacial score (nSPS) is 14.6. The molecule has 0 heterocycles. The van der Waals surface area contributed by atoms with Crippen LogP contribution in [0, 0.1) is 11.3 Å². The van der Waals surface area contributed by atoms with Gasteiger partial charge in [-0.3, -0.25) is 0 Å². The Labute approximate surface area is 425 Å². The summed E-state index contributed by atoms with van der Waals surface area (Å²) in [5.41, 5.74) is 0. The van der Waals surface area contributed by atoms with Gasteiger partial charge in [-0.25, -0.2) is 0 Å². The quantitative estimate of drug-likeness (QED) is 0.0667. The highest BCUT2D eigenvalue weighted by Crippen LogP contribution is 2.29. The molecule has 3 rings (SSSR count). The highest BCUT2D eigenvalue weighted by atomic mass is 28.5. The zero-order chi connectivity index (χ0) is 53.7. The number of unbranched alkanes of at least 4 members (excludes halogenated alkanes) is 1. The van der Waals surface area contributed by atoms with Gasteiger partial charge in [-0.05, 0) is 139 Å². The maximum absolute atomic E-state index is 12.1. The first kappa shape index (κ1) is 67.5. The molecule has 3 aromatic carbocycles. The molecule has 0 saturated heterocycles. The van der Waals surface area contributed by atoms with Crippen LogP contribution in [0.5, 0.6) is 0 Å². The van der Waals surface area contributed by atoms with E-state index in [1.54, 1.807) is 35.0 Å². The first-order valence-corrected chi connectivity index (χ1v) is 48.3. The fourth-order valence-electron chi connectivity index (χ4n) is 7.02. The molecule has 0 bridgehead atoms. The number of nitrogens with zero attached hydrogens (tertiary/aromatic N) is 1. The minimum Gasteiger partial charge on any atom is -0.437 e. The van der Waals surface area contributed by atoms with Crippen molar-refractivity contribution >= 4 is 91.9 Å². The van der Waals surface area contributed by atoms with E-state index in [2.05, 4.69) is 82.7 Å². The minimum absolute atomic E-state index is 0.0305. The van der Waals surface area contributed by atoms with E-state index in [1.807, 2.05) is 113 Å². The molecule has 394 valence electrons. The van der Waals surface area contributed by atoms with Crippen LogP contribution in [0.1, 0.15) is 19.3 Å². The lowest BCUT2D eigenvalue weighted by molar-refractivity contribution is -0.131. The number of hydrogen-bond acceptors (Lipinski definition) is 11. The molecule has 2 unspecified atom stereocenters. The average molecular weight is 1120 g/mol. The van der Waals surface area contributed by atoms with Gasteiger partial charge in [0.2, 0.25) is 0 Å². The Bertz CT molecular complexity index is 1850. The third-order valence-electron chi connectivity index (χ3n) is 9.64. The molecule has 2 atom stereocenters. The van der Waals surface area contributed by atoms with Crippen molar-refractivity contribution in [3.8, 4) is 6.07 Å². The van der Waals surface area contributed by atoms with Crippen molar-refractivity contribution in [2.24, 2.45) is 0 Å². The highest BCUT2D eigenvalue weighted by molar-refractivity contribution is 6.97. The van der Waals surface area contributed by atoms with E-state index in [1.165, 1.54) is 7.11 Å². The van der Waals surface area contributed by atoms with Crippen LogP contribution in [0.25, 0.3) is 0 Å². The van der Waals surface area contributed by atoms with E-state index in [0.717, 1.165) is 28.0 Å². The summed E-state index contributed by atoms with van der Waals surface area (Å²) in [4.78, 5) is 0. The van der Waals surface area contributed by atoms with Gasteiger partial charge in [-0.15, -0.1) is 0 Å². The van der Waals surface area contributed by atoms with Crippen molar-refractivity contribution < 1.29 is 55.9 Å². The number of nitriles is 1. The van der Waals surface area contributed by atoms with Gasteiger partial charge in [0.1, 0.15) is 0 Å². The lowest BCUT2D eigenvalue weighted by Crippen LogP contribution is -2.67. The fourth-order valence-corrected chi connectivity index (χ4v) is 39.5. The summed E-state index contributed by atoms with van der Waals surface area (Å²) in [7, 11) is -10.7. The second-order valence-corrected chi connectivity index (χ2v) is 55.7. The van der Waals surface area contributed by atoms with Gasteiger partial charge in [-0.1, -0.05) is 91.0 Å². The summed E-state index contributed by atoms with van der Waals surface area (Å²) >= 11 is 0.